The molecule has 20 heavy (non-hydrogen) atoms. The molecule has 1 unspecified atom stereocenters. The Bertz CT molecular complexity index is 628. The Labute approximate surface area is 118 Å². The molecule has 2 aromatic rings. The van der Waals surface area contributed by atoms with Crippen molar-refractivity contribution in [2.75, 3.05) is 18.5 Å². The van der Waals surface area contributed by atoms with Crippen LogP contribution >= 0.6 is 0 Å². The minimum atomic E-state index is 0.468. The molecule has 0 bridgehead atoms. The fourth-order valence-corrected chi connectivity index (χ4v) is 2.53. The van der Waals surface area contributed by atoms with E-state index in [0.717, 1.165) is 31.0 Å². The first-order valence-electron chi connectivity index (χ1n) is 6.82. The van der Waals surface area contributed by atoms with Gasteiger partial charge in [-0.05, 0) is 42.3 Å². The predicted octanol–water partition coefficient (Wildman–Crippen LogP) is 3.54. The number of anilines is 1. The summed E-state index contributed by atoms with van der Waals surface area (Å²) in [4.78, 5) is 0. The van der Waals surface area contributed by atoms with E-state index in [1.54, 1.807) is 0 Å². The van der Waals surface area contributed by atoms with Crippen LogP contribution in [0.25, 0.3) is 0 Å². The zero-order valence-corrected chi connectivity index (χ0v) is 11.2. The van der Waals surface area contributed by atoms with Crippen molar-refractivity contribution in [2.24, 2.45) is 0 Å². The highest BCUT2D eigenvalue weighted by molar-refractivity contribution is 5.48. The van der Waals surface area contributed by atoms with E-state index < -0.39 is 0 Å². The molecule has 0 spiro atoms. The zero-order chi connectivity index (χ0) is 13.8. The summed E-state index contributed by atoms with van der Waals surface area (Å²) in [5, 5.41) is 12.2. The lowest BCUT2D eigenvalue weighted by atomic mass is 9.93. The Morgan fingerprint density at radius 1 is 1.15 bits per heavy atom. The number of ether oxygens (including phenoxy) is 1. The maximum Gasteiger partial charge on any atom is 0.122 e. The van der Waals surface area contributed by atoms with Crippen molar-refractivity contribution in [3.05, 3.63) is 59.7 Å². The Morgan fingerprint density at radius 2 is 1.95 bits per heavy atom. The number of hydrogen-bond acceptors (Lipinski definition) is 3. The molecule has 0 aromatic heterocycles. The molecule has 0 aliphatic carbocycles. The molecule has 0 fully saturated rings. The molecule has 1 aliphatic heterocycles. The van der Waals surface area contributed by atoms with E-state index in [-0.39, 0.29) is 0 Å². The van der Waals surface area contributed by atoms with Crippen LogP contribution < -0.4 is 10.1 Å². The average Bonchev–Trinajstić information content (AvgIpc) is 2.53. The molecule has 1 atom stereocenters. The Hall–Kier alpha value is -2.47. The monoisotopic (exact) mass is 264 g/mol. The lowest BCUT2D eigenvalue weighted by Gasteiger charge is -2.26. The Balaban J connectivity index is 1.68. The number of nitrogens with one attached hydrogen (secondary N) is 1. The van der Waals surface area contributed by atoms with Gasteiger partial charge in [0.25, 0.3) is 0 Å². The van der Waals surface area contributed by atoms with E-state index in [4.69, 9.17) is 10.00 Å². The number of rotatable bonds is 3. The zero-order valence-electron chi connectivity index (χ0n) is 11.2. The van der Waals surface area contributed by atoms with E-state index in [2.05, 4.69) is 23.5 Å². The smallest absolute Gasteiger partial charge is 0.122 e. The van der Waals surface area contributed by atoms with Crippen molar-refractivity contribution in [1.29, 1.82) is 5.26 Å². The topological polar surface area (TPSA) is 45.0 Å². The van der Waals surface area contributed by atoms with Crippen LogP contribution in [0, 0.1) is 11.3 Å². The van der Waals surface area contributed by atoms with Crippen molar-refractivity contribution in [2.45, 2.75) is 12.3 Å². The van der Waals surface area contributed by atoms with Gasteiger partial charge in [0.1, 0.15) is 5.75 Å². The second kappa shape index (κ2) is 5.66. The van der Waals surface area contributed by atoms with Gasteiger partial charge in [-0.3, -0.25) is 0 Å². The van der Waals surface area contributed by atoms with Crippen LogP contribution in [0.1, 0.15) is 23.5 Å². The predicted molar refractivity (Wildman–Crippen MR) is 78.9 cm³/mol. The van der Waals surface area contributed by atoms with Gasteiger partial charge in [-0.25, -0.2) is 0 Å². The van der Waals surface area contributed by atoms with Gasteiger partial charge in [0.2, 0.25) is 0 Å². The van der Waals surface area contributed by atoms with Gasteiger partial charge < -0.3 is 10.1 Å². The summed E-state index contributed by atoms with van der Waals surface area (Å²) < 4.78 is 5.67. The van der Waals surface area contributed by atoms with Crippen LogP contribution in [0.15, 0.2) is 48.5 Å². The van der Waals surface area contributed by atoms with E-state index in [0.29, 0.717) is 11.5 Å². The highest BCUT2D eigenvalue weighted by atomic mass is 16.5. The number of para-hydroxylation sites is 1. The number of fused-ring (bicyclic) bond motifs is 1. The average molecular weight is 264 g/mol. The molecule has 0 amide bonds. The normalized spacial score (nSPS) is 16.6. The van der Waals surface area contributed by atoms with Crippen LogP contribution in [-0.2, 0) is 0 Å². The second-order valence-electron chi connectivity index (χ2n) is 4.94. The largest absolute Gasteiger partial charge is 0.493 e. The third kappa shape index (κ3) is 2.60. The summed E-state index contributed by atoms with van der Waals surface area (Å²) >= 11 is 0. The Morgan fingerprint density at radius 3 is 2.75 bits per heavy atom. The first-order chi connectivity index (χ1) is 9.86. The van der Waals surface area contributed by atoms with Crippen molar-refractivity contribution < 1.29 is 4.74 Å². The first-order valence-corrected chi connectivity index (χ1v) is 6.82. The molecular weight excluding hydrogens is 248 g/mol. The molecule has 100 valence electrons. The minimum Gasteiger partial charge on any atom is -0.493 e. The highest BCUT2D eigenvalue weighted by Gasteiger charge is 2.20. The molecule has 0 radical (unpaired) electrons. The van der Waals surface area contributed by atoms with Gasteiger partial charge in [-0.15, -0.1) is 0 Å². The molecular formula is C17H16N2O. The van der Waals surface area contributed by atoms with Gasteiger partial charge >= 0.3 is 0 Å². The van der Waals surface area contributed by atoms with Gasteiger partial charge in [0.05, 0.1) is 18.2 Å². The van der Waals surface area contributed by atoms with E-state index in [1.165, 1.54) is 5.56 Å². The molecule has 2 aromatic carbocycles. The fraction of sp³-hybridized carbons (Fsp3) is 0.235. The molecule has 3 rings (SSSR count). The van der Waals surface area contributed by atoms with Gasteiger partial charge in [0.15, 0.2) is 0 Å². The fourth-order valence-electron chi connectivity index (χ4n) is 2.53. The van der Waals surface area contributed by atoms with E-state index >= 15 is 0 Å². The number of hydrogen-bond donors (Lipinski definition) is 1. The lowest BCUT2D eigenvalue weighted by Crippen LogP contribution is -2.20. The maximum atomic E-state index is 8.79. The van der Waals surface area contributed by atoms with Crippen molar-refractivity contribution in [1.82, 2.24) is 0 Å². The summed E-state index contributed by atoms with van der Waals surface area (Å²) in [6.07, 6.45) is 1.03. The van der Waals surface area contributed by atoms with E-state index in [9.17, 15) is 0 Å². The van der Waals surface area contributed by atoms with Crippen LogP contribution in [0.2, 0.25) is 0 Å². The summed E-state index contributed by atoms with van der Waals surface area (Å²) in [6.45, 7) is 1.66. The second-order valence-corrected chi connectivity index (χ2v) is 4.94. The minimum absolute atomic E-state index is 0.468. The summed E-state index contributed by atoms with van der Waals surface area (Å²) in [5.74, 6) is 1.47. The number of nitrogens with zero attached hydrogens (tertiary/aromatic N) is 1. The molecule has 1 aliphatic rings. The van der Waals surface area contributed by atoms with Crippen LogP contribution in [-0.4, -0.2) is 13.2 Å². The lowest BCUT2D eigenvalue weighted by molar-refractivity contribution is 0.270. The molecule has 0 saturated heterocycles. The van der Waals surface area contributed by atoms with Crippen LogP contribution in [0.3, 0.4) is 0 Å². The van der Waals surface area contributed by atoms with Crippen molar-refractivity contribution in [3.8, 4) is 11.8 Å². The third-order valence-electron chi connectivity index (χ3n) is 3.65. The number of nitriles is 1. The van der Waals surface area contributed by atoms with Gasteiger partial charge in [-0.1, -0.05) is 18.2 Å². The molecule has 3 nitrogen and oxygen atoms in total. The SMILES string of the molecule is N#Cc1ccc(NCC2CCOc3ccccc32)cc1. The summed E-state index contributed by atoms with van der Waals surface area (Å²) in [6, 6.07) is 17.9. The quantitative estimate of drug-likeness (QED) is 0.922. The van der Waals surface area contributed by atoms with Gasteiger partial charge in [-0.2, -0.15) is 5.26 Å². The molecule has 0 saturated carbocycles. The van der Waals surface area contributed by atoms with Crippen molar-refractivity contribution >= 4 is 5.69 Å². The van der Waals surface area contributed by atoms with Gasteiger partial charge in [0, 0.05) is 18.2 Å². The maximum absolute atomic E-state index is 8.79. The van der Waals surface area contributed by atoms with Crippen LogP contribution in [0.4, 0.5) is 5.69 Å². The van der Waals surface area contributed by atoms with E-state index in [1.807, 2.05) is 36.4 Å². The first kappa shape index (κ1) is 12.6. The summed E-state index contributed by atoms with van der Waals surface area (Å²) in [7, 11) is 0. The highest BCUT2D eigenvalue weighted by Crippen LogP contribution is 2.33. The molecule has 1 N–H and O–H groups in total. The Kier molecular flexibility index (Phi) is 3.56. The summed E-state index contributed by atoms with van der Waals surface area (Å²) in [5.41, 5.74) is 3.01. The standard InChI is InChI=1S/C17H16N2O/c18-11-13-5-7-15(8-6-13)19-12-14-9-10-20-17-4-2-1-3-16(14)17/h1-8,14,19H,9-10,12H2. The number of benzene rings is 2. The van der Waals surface area contributed by atoms with Crippen molar-refractivity contribution in [3.63, 3.8) is 0 Å². The third-order valence-corrected chi connectivity index (χ3v) is 3.65. The molecule has 3 heteroatoms. The molecule has 1 heterocycles. The van der Waals surface area contributed by atoms with Crippen LogP contribution in [0.5, 0.6) is 5.75 Å².